The predicted molar refractivity (Wildman–Crippen MR) is 73.6 cm³/mol. The molecular weight excluding hydrogens is 244 g/mol. The van der Waals surface area contributed by atoms with E-state index in [-0.39, 0.29) is 0 Å². The molecule has 1 saturated carbocycles. The first-order valence-electron chi connectivity index (χ1n) is 7.16. The van der Waals surface area contributed by atoms with Gasteiger partial charge in [-0.2, -0.15) is 0 Å². The van der Waals surface area contributed by atoms with Gasteiger partial charge in [0.2, 0.25) is 0 Å². The van der Waals surface area contributed by atoms with Crippen molar-refractivity contribution in [3.05, 3.63) is 35.4 Å². The van der Waals surface area contributed by atoms with E-state index < -0.39 is 17.2 Å². The van der Waals surface area contributed by atoms with E-state index in [2.05, 4.69) is 13.8 Å². The van der Waals surface area contributed by atoms with E-state index in [4.69, 9.17) is 5.73 Å². The van der Waals surface area contributed by atoms with Crippen molar-refractivity contribution in [2.45, 2.75) is 51.5 Å². The van der Waals surface area contributed by atoms with E-state index in [0.29, 0.717) is 17.4 Å². The van der Waals surface area contributed by atoms with Crippen molar-refractivity contribution in [3.63, 3.8) is 0 Å². The summed E-state index contributed by atoms with van der Waals surface area (Å²) in [5.41, 5.74) is 6.05. The van der Waals surface area contributed by atoms with Gasteiger partial charge >= 0.3 is 0 Å². The molecule has 2 rings (SSSR count). The number of halogens is 2. The molecule has 0 saturated heterocycles. The molecule has 0 aliphatic heterocycles. The lowest BCUT2D eigenvalue weighted by atomic mass is 9.70. The molecule has 1 aromatic carbocycles. The molecule has 0 radical (unpaired) electrons. The second-order valence-corrected chi connectivity index (χ2v) is 6.35. The predicted octanol–water partition coefficient (Wildman–Crippen LogP) is 4.36. The van der Waals surface area contributed by atoms with Crippen molar-refractivity contribution >= 4 is 0 Å². The Labute approximate surface area is 114 Å². The molecule has 2 N–H and O–H groups in total. The molecule has 2 unspecified atom stereocenters. The van der Waals surface area contributed by atoms with E-state index in [1.807, 2.05) is 0 Å². The van der Waals surface area contributed by atoms with Gasteiger partial charge in [-0.1, -0.05) is 38.8 Å². The summed E-state index contributed by atoms with van der Waals surface area (Å²) in [6, 6.07) is 4.33. The fourth-order valence-corrected chi connectivity index (χ4v) is 3.43. The molecule has 1 nitrogen and oxygen atoms in total. The van der Waals surface area contributed by atoms with E-state index in [1.165, 1.54) is 0 Å². The number of rotatable bonds is 3. The summed E-state index contributed by atoms with van der Waals surface area (Å²) >= 11 is 0. The molecule has 0 heterocycles. The number of nitrogens with two attached hydrogens (primary N) is 1. The maximum Gasteiger partial charge on any atom is 0.163 e. The highest BCUT2D eigenvalue weighted by molar-refractivity contribution is 5.27. The minimum absolute atomic E-state index is 0.348. The third-order valence-corrected chi connectivity index (χ3v) is 4.18. The largest absolute Gasteiger partial charge is 0.321 e. The summed E-state index contributed by atoms with van der Waals surface area (Å²) in [5.74, 6) is -0.436. The highest BCUT2D eigenvalue weighted by Crippen LogP contribution is 2.41. The van der Waals surface area contributed by atoms with E-state index in [0.717, 1.165) is 38.2 Å². The molecule has 19 heavy (non-hydrogen) atoms. The van der Waals surface area contributed by atoms with Crippen LogP contribution in [0, 0.1) is 23.5 Å². The summed E-state index contributed by atoms with van der Waals surface area (Å²) in [7, 11) is 0. The second-order valence-electron chi connectivity index (χ2n) is 6.35. The normalized spacial score (nSPS) is 27.8. The van der Waals surface area contributed by atoms with Gasteiger partial charge in [-0.25, -0.2) is 8.78 Å². The van der Waals surface area contributed by atoms with Crippen molar-refractivity contribution in [2.75, 3.05) is 0 Å². The minimum atomic E-state index is -0.798. The third-order valence-electron chi connectivity index (χ3n) is 4.18. The third kappa shape index (κ3) is 3.14. The first-order valence-corrected chi connectivity index (χ1v) is 7.16. The van der Waals surface area contributed by atoms with Gasteiger partial charge in [0.25, 0.3) is 0 Å². The van der Waals surface area contributed by atoms with E-state index >= 15 is 0 Å². The molecule has 2 atom stereocenters. The van der Waals surface area contributed by atoms with Crippen LogP contribution < -0.4 is 5.73 Å². The monoisotopic (exact) mass is 267 g/mol. The Morgan fingerprint density at radius 1 is 1.37 bits per heavy atom. The van der Waals surface area contributed by atoms with Crippen molar-refractivity contribution < 1.29 is 8.78 Å². The first-order chi connectivity index (χ1) is 8.92. The Kier molecular flexibility index (Phi) is 4.24. The SMILES string of the molecule is CC(C)CC1CCCC(N)(c2cccc(F)c2F)C1. The van der Waals surface area contributed by atoms with Crippen LogP contribution in [0.1, 0.15) is 51.5 Å². The number of hydrogen-bond donors (Lipinski definition) is 1. The van der Waals surface area contributed by atoms with Crippen LogP contribution in [0.25, 0.3) is 0 Å². The zero-order chi connectivity index (χ0) is 14.0. The van der Waals surface area contributed by atoms with E-state index in [1.54, 1.807) is 12.1 Å². The topological polar surface area (TPSA) is 26.0 Å². The molecule has 106 valence electrons. The van der Waals surface area contributed by atoms with Gasteiger partial charge < -0.3 is 5.73 Å². The average molecular weight is 267 g/mol. The summed E-state index contributed by atoms with van der Waals surface area (Å²) in [4.78, 5) is 0. The van der Waals surface area contributed by atoms with Crippen LogP contribution in [0.2, 0.25) is 0 Å². The van der Waals surface area contributed by atoms with Crippen molar-refractivity contribution in [3.8, 4) is 0 Å². The molecular formula is C16H23F2N. The molecule has 1 aliphatic carbocycles. The quantitative estimate of drug-likeness (QED) is 0.865. The Hall–Kier alpha value is -0.960. The number of benzene rings is 1. The van der Waals surface area contributed by atoms with Crippen LogP contribution in [0.3, 0.4) is 0 Å². The summed E-state index contributed by atoms with van der Waals surface area (Å²) in [6.07, 6.45) is 4.74. The molecule has 0 amide bonds. The maximum absolute atomic E-state index is 14.0. The molecule has 3 heteroatoms. The first kappa shape index (κ1) is 14.4. The Morgan fingerprint density at radius 2 is 2.11 bits per heavy atom. The molecule has 1 aliphatic rings. The van der Waals surface area contributed by atoms with Gasteiger partial charge in [0, 0.05) is 11.1 Å². The van der Waals surface area contributed by atoms with Gasteiger partial charge in [0.15, 0.2) is 11.6 Å². The van der Waals surface area contributed by atoms with Crippen molar-refractivity contribution in [2.24, 2.45) is 17.6 Å². The van der Waals surface area contributed by atoms with Crippen LogP contribution in [0.4, 0.5) is 8.78 Å². The lowest BCUT2D eigenvalue weighted by Crippen LogP contribution is -2.42. The zero-order valence-electron chi connectivity index (χ0n) is 11.8. The average Bonchev–Trinajstić information content (AvgIpc) is 2.31. The lowest BCUT2D eigenvalue weighted by molar-refractivity contribution is 0.197. The van der Waals surface area contributed by atoms with E-state index in [9.17, 15) is 8.78 Å². The summed E-state index contributed by atoms with van der Waals surface area (Å²) in [5, 5.41) is 0. The molecule has 0 bridgehead atoms. The highest BCUT2D eigenvalue weighted by Gasteiger charge is 2.36. The van der Waals surface area contributed by atoms with Gasteiger partial charge in [0.05, 0.1) is 0 Å². The summed E-state index contributed by atoms with van der Waals surface area (Å²) in [6.45, 7) is 4.38. The lowest BCUT2D eigenvalue weighted by Gasteiger charge is -2.39. The minimum Gasteiger partial charge on any atom is -0.321 e. The standard InChI is InChI=1S/C16H23F2N/c1-11(2)9-12-5-4-8-16(19,10-12)13-6-3-7-14(17)15(13)18/h3,6-7,11-12H,4-5,8-10,19H2,1-2H3. The van der Waals surface area contributed by atoms with Gasteiger partial charge in [0.1, 0.15) is 0 Å². The Morgan fingerprint density at radius 3 is 2.79 bits per heavy atom. The van der Waals surface area contributed by atoms with Crippen LogP contribution in [-0.2, 0) is 5.54 Å². The van der Waals surface area contributed by atoms with Gasteiger partial charge in [-0.3, -0.25) is 0 Å². The number of hydrogen-bond acceptors (Lipinski definition) is 1. The smallest absolute Gasteiger partial charge is 0.163 e. The van der Waals surface area contributed by atoms with Crippen molar-refractivity contribution in [1.82, 2.24) is 0 Å². The van der Waals surface area contributed by atoms with Crippen molar-refractivity contribution in [1.29, 1.82) is 0 Å². The molecule has 0 spiro atoms. The maximum atomic E-state index is 14.0. The van der Waals surface area contributed by atoms with Crippen LogP contribution in [0.5, 0.6) is 0 Å². The fraction of sp³-hybridized carbons (Fsp3) is 0.625. The Balaban J connectivity index is 2.24. The molecule has 1 aromatic rings. The molecule has 0 aromatic heterocycles. The summed E-state index contributed by atoms with van der Waals surface area (Å²) < 4.78 is 27.3. The van der Waals surface area contributed by atoms with Gasteiger partial charge in [-0.05, 0) is 37.2 Å². The zero-order valence-corrected chi connectivity index (χ0v) is 11.8. The van der Waals surface area contributed by atoms with Crippen LogP contribution in [-0.4, -0.2) is 0 Å². The Bertz CT molecular complexity index is 444. The van der Waals surface area contributed by atoms with Gasteiger partial charge in [-0.15, -0.1) is 0 Å². The van der Waals surface area contributed by atoms with Crippen LogP contribution >= 0.6 is 0 Å². The molecule has 1 fully saturated rings. The second kappa shape index (κ2) is 5.58. The van der Waals surface area contributed by atoms with Crippen LogP contribution in [0.15, 0.2) is 18.2 Å². The highest BCUT2D eigenvalue weighted by atomic mass is 19.2. The fourth-order valence-electron chi connectivity index (χ4n) is 3.43.